The van der Waals surface area contributed by atoms with E-state index in [0.29, 0.717) is 19.0 Å². The quantitative estimate of drug-likeness (QED) is 0.498. The Morgan fingerprint density at radius 2 is 2.07 bits per heavy atom. The predicted molar refractivity (Wildman–Crippen MR) is 56.3 cm³/mol. The summed E-state index contributed by atoms with van der Waals surface area (Å²) in [7, 11) is 0. The van der Waals surface area contributed by atoms with Crippen LogP contribution in [0.5, 0.6) is 0 Å². The van der Waals surface area contributed by atoms with Gasteiger partial charge < -0.3 is 21.1 Å². The van der Waals surface area contributed by atoms with Crippen LogP contribution in [0, 0.1) is 5.92 Å². The van der Waals surface area contributed by atoms with Crippen LogP contribution in [0.1, 0.15) is 13.8 Å². The number of carbonyl (C=O) groups is 2. The Balaban J connectivity index is 3.28. The van der Waals surface area contributed by atoms with Crippen molar-refractivity contribution in [1.82, 2.24) is 10.6 Å². The number of amides is 2. The molecule has 6 heteroatoms. The average Bonchev–Trinajstić information content (AvgIpc) is 2.13. The van der Waals surface area contributed by atoms with Crippen LogP contribution in [0.25, 0.3) is 0 Å². The normalized spacial score (nSPS) is 10.1. The predicted octanol–water partition coefficient (Wildman–Crippen LogP) is -0.556. The molecular formula is C9H19N3O3. The molecule has 0 saturated carbocycles. The van der Waals surface area contributed by atoms with E-state index in [2.05, 4.69) is 15.4 Å². The summed E-state index contributed by atoms with van der Waals surface area (Å²) >= 11 is 0. The summed E-state index contributed by atoms with van der Waals surface area (Å²) in [6.45, 7) is 5.51. The number of nitrogens with two attached hydrogens (primary N) is 1. The molecule has 0 fully saturated rings. The van der Waals surface area contributed by atoms with Crippen molar-refractivity contribution in [3.63, 3.8) is 0 Å². The fourth-order valence-electron chi connectivity index (χ4n) is 0.806. The van der Waals surface area contributed by atoms with Gasteiger partial charge in [0.05, 0.1) is 6.54 Å². The van der Waals surface area contributed by atoms with E-state index in [1.807, 2.05) is 13.8 Å². The fraction of sp³-hybridized carbons (Fsp3) is 0.778. The Morgan fingerprint density at radius 1 is 1.40 bits per heavy atom. The lowest BCUT2D eigenvalue weighted by molar-refractivity contribution is -0.120. The van der Waals surface area contributed by atoms with E-state index in [0.717, 1.165) is 0 Å². The molecule has 0 aliphatic heterocycles. The van der Waals surface area contributed by atoms with Gasteiger partial charge >= 0.3 is 6.09 Å². The smallest absolute Gasteiger partial charge is 0.404 e. The zero-order valence-corrected chi connectivity index (χ0v) is 9.21. The van der Waals surface area contributed by atoms with Gasteiger partial charge in [0.15, 0.2) is 0 Å². The van der Waals surface area contributed by atoms with Crippen LogP contribution >= 0.6 is 0 Å². The second-order valence-corrected chi connectivity index (χ2v) is 3.54. The van der Waals surface area contributed by atoms with Crippen LogP contribution in [-0.4, -0.2) is 38.2 Å². The second-order valence-electron chi connectivity index (χ2n) is 3.54. The summed E-state index contributed by atoms with van der Waals surface area (Å²) in [6.07, 6.45) is -0.805. The zero-order chi connectivity index (χ0) is 11.7. The molecule has 88 valence electrons. The molecule has 0 unspecified atom stereocenters. The lowest BCUT2D eigenvalue weighted by Gasteiger charge is -2.08. The zero-order valence-electron chi connectivity index (χ0n) is 9.21. The molecule has 0 aromatic carbocycles. The van der Waals surface area contributed by atoms with Crippen LogP contribution < -0.4 is 16.4 Å². The first kappa shape index (κ1) is 13.7. The molecule has 0 aliphatic carbocycles. The molecule has 4 N–H and O–H groups in total. The highest BCUT2D eigenvalue weighted by atomic mass is 16.5. The third-order valence-electron chi connectivity index (χ3n) is 1.52. The van der Waals surface area contributed by atoms with Gasteiger partial charge in [0, 0.05) is 13.1 Å². The van der Waals surface area contributed by atoms with Crippen molar-refractivity contribution in [3.8, 4) is 0 Å². The number of rotatable bonds is 7. The highest BCUT2D eigenvalue weighted by Crippen LogP contribution is 1.86. The Labute approximate surface area is 89.5 Å². The van der Waals surface area contributed by atoms with E-state index in [-0.39, 0.29) is 19.1 Å². The van der Waals surface area contributed by atoms with Gasteiger partial charge in [-0.1, -0.05) is 13.8 Å². The van der Waals surface area contributed by atoms with Crippen molar-refractivity contribution >= 4 is 12.0 Å². The highest BCUT2D eigenvalue weighted by Gasteiger charge is 2.01. The summed E-state index contributed by atoms with van der Waals surface area (Å²) in [6, 6.07) is 0. The van der Waals surface area contributed by atoms with Gasteiger partial charge in [0.25, 0.3) is 0 Å². The van der Waals surface area contributed by atoms with E-state index in [9.17, 15) is 9.59 Å². The maximum atomic E-state index is 11.1. The third kappa shape index (κ3) is 10.6. The molecule has 0 aromatic heterocycles. The lowest BCUT2D eigenvalue weighted by atomic mass is 10.2. The average molecular weight is 217 g/mol. The van der Waals surface area contributed by atoms with Crippen LogP contribution in [0.4, 0.5) is 4.79 Å². The molecular weight excluding hydrogens is 198 g/mol. The molecule has 0 aliphatic rings. The first-order valence-corrected chi connectivity index (χ1v) is 4.92. The summed E-state index contributed by atoms with van der Waals surface area (Å²) in [5.74, 6) is 0.370. The van der Waals surface area contributed by atoms with E-state index in [1.165, 1.54) is 0 Å². The monoisotopic (exact) mass is 217 g/mol. The van der Waals surface area contributed by atoms with Gasteiger partial charge in [-0.05, 0) is 5.92 Å². The first-order valence-electron chi connectivity index (χ1n) is 4.92. The van der Waals surface area contributed by atoms with Gasteiger partial charge in [-0.2, -0.15) is 0 Å². The minimum atomic E-state index is -0.805. The standard InChI is InChI=1S/C9H19N3O3/c1-7(2)5-12-8(13)6-11-3-4-15-9(10)14/h7,11H,3-6H2,1-2H3,(H2,10,14)(H,12,13). The van der Waals surface area contributed by atoms with Crippen LogP contribution in [0.15, 0.2) is 0 Å². The van der Waals surface area contributed by atoms with E-state index >= 15 is 0 Å². The number of hydrogen-bond donors (Lipinski definition) is 3. The van der Waals surface area contributed by atoms with Gasteiger partial charge in [-0.15, -0.1) is 0 Å². The molecule has 0 saturated heterocycles. The first-order chi connectivity index (χ1) is 7.02. The molecule has 0 spiro atoms. The summed E-state index contributed by atoms with van der Waals surface area (Å²) in [5.41, 5.74) is 4.75. The largest absolute Gasteiger partial charge is 0.448 e. The van der Waals surface area contributed by atoms with Crippen LogP contribution in [0.3, 0.4) is 0 Å². The Morgan fingerprint density at radius 3 is 2.60 bits per heavy atom. The molecule has 0 rings (SSSR count). The molecule has 2 amide bonds. The highest BCUT2D eigenvalue weighted by molar-refractivity contribution is 5.77. The maximum Gasteiger partial charge on any atom is 0.404 e. The van der Waals surface area contributed by atoms with Gasteiger partial charge in [0.1, 0.15) is 6.61 Å². The molecule has 0 atom stereocenters. The minimum Gasteiger partial charge on any atom is -0.448 e. The Kier molecular flexibility index (Phi) is 7.35. The SMILES string of the molecule is CC(C)CNC(=O)CNCCOC(N)=O. The molecule has 0 aromatic rings. The topological polar surface area (TPSA) is 93.4 Å². The Bertz CT molecular complexity index is 207. The van der Waals surface area contributed by atoms with Crippen molar-refractivity contribution in [2.75, 3.05) is 26.2 Å². The van der Waals surface area contributed by atoms with Gasteiger partial charge in [-0.25, -0.2) is 4.79 Å². The Hall–Kier alpha value is -1.30. The van der Waals surface area contributed by atoms with Crippen molar-refractivity contribution in [2.24, 2.45) is 11.7 Å². The number of hydrogen-bond acceptors (Lipinski definition) is 4. The van der Waals surface area contributed by atoms with E-state index < -0.39 is 6.09 Å². The minimum absolute atomic E-state index is 0.0669. The third-order valence-corrected chi connectivity index (χ3v) is 1.52. The van der Waals surface area contributed by atoms with E-state index in [1.54, 1.807) is 0 Å². The maximum absolute atomic E-state index is 11.1. The molecule has 15 heavy (non-hydrogen) atoms. The molecule has 0 radical (unpaired) electrons. The van der Waals surface area contributed by atoms with Crippen molar-refractivity contribution < 1.29 is 14.3 Å². The van der Waals surface area contributed by atoms with Crippen molar-refractivity contribution in [3.05, 3.63) is 0 Å². The number of primary amides is 1. The van der Waals surface area contributed by atoms with Crippen LogP contribution in [-0.2, 0) is 9.53 Å². The molecule has 6 nitrogen and oxygen atoms in total. The van der Waals surface area contributed by atoms with Crippen molar-refractivity contribution in [1.29, 1.82) is 0 Å². The number of ether oxygens (including phenoxy) is 1. The number of carbonyl (C=O) groups excluding carboxylic acids is 2. The molecule has 0 bridgehead atoms. The van der Waals surface area contributed by atoms with Crippen molar-refractivity contribution in [2.45, 2.75) is 13.8 Å². The summed E-state index contributed by atoms with van der Waals surface area (Å²) < 4.78 is 4.47. The summed E-state index contributed by atoms with van der Waals surface area (Å²) in [4.78, 5) is 21.3. The number of nitrogens with one attached hydrogen (secondary N) is 2. The lowest BCUT2D eigenvalue weighted by Crippen LogP contribution is -2.37. The summed E-state index contributed by atoms with van der Waals surface area (Å²) in [5, 5.41) is 5.57. The van der Waals surface area contributed by atoms with Crippen LogP contribution in [0.2, 0.25) is 0 Å². The van der Waals surface area contributed by atoms with Gasteiger partial charge in [0.2, 0.25) is 5.91 Å². The fourth-order valence-corrected chi connectivity index (χ4v) is 0.806. The van der Waals surface area contributed by atoms with E-state index in [4.69, 9.17) is 5.73 Å². The van der Waals surface area contributed by atoms with Gasteiger partial charge in [-0.3, -0.25) is 4.79 Å². The molecule has 0 heterocycles. The second kappa shape index (κ2) is 8.05.